The van der Waals surface area contributed by atoms with Crippen LogP contribution in [0, 0.1) is 6.92 Å². The van der Waals surface area contributed by atoms with Crippen molar-refractivity contribution in [1.29, 1.82) is 0 Å². The van der Waals surface area contributed by atoms with E-state index in [0.717, 1.165) is 38.1 Å². The molecule has 0 spiro atoms. The Morgan fingerprint density at radius 2 is 1.70 bits per heavy atom. The summed E-state index contributed by atoms with van der Waals surface area (Å²) in [6.45, 7) is 1.99. The standard InChI is InChI=1S/C27H26N4O4S2/c1-17-26(36-27(29-17)18-8-5-4-6-9-18)22-16-23(21-10-7-11-24(34-2)25(21)35-3)31(30-22)19-12-14-20(15-13-19)37(28,32)33/h4-15,23H,16H2,1-3H3,(H2,28,32,33)/t23-/m0/s1. The van der Waals surface area contributed by atoms with E-state index < -0.39 is 10.0 Å². The number of sulfonamides is 1. The first-order valence-corrected chi connectivity index (χ1v) is 13.9. The van der Waals surface area contributed by atoms with Crippen LogP contribution in [-0.2, 0) is 10.0 Å². The predicted octanol–water partition coefficient (Wildman–Crippen LogP) is 5.14. The van der Waals surface area contributed by atoms with Gasteiger partial charge in [0, 0.05) is 17.5 Å². The number of anilines is 1. The van der Waals surface area contributed by atoms with Crippen molar-refractivity contribution in [3.8, 4) is 22.1 Å². The molecule has 190 valence electrons. The molecule has 37 heavy (non-hydrogen) atoms. The highest BCUT2D eigenvalue weighted by molar-refractivity contribution is 7.89. The number of benzene rings is 3. The molecule has 4 aromatic rings. The van der Waals surface area contributed by atoms with Crippen molar-refractivity contribution in [2.45, 2.75) is 24.3 Å². The van der Waals surface area contributed by atoms with Gasteiger partial charge in [0.25, 0.3) is 0 Å². The molecule has 5 rings (SSSR count). The van der Waals surface area contributed by atoms with Gasteiger partial charge in [0.1, 0.15) is 5.01 Å². The van der Waals surface area contributed by atoms with E-state index in [2.05, 4.69) is 0 Å². The fourth-order valence-electron chi connectivity index (χ4n) is 4.46. The van der Waals surface area contributed by atoms with Crippen LogP contribution >= 0.6 is 11.3 Å². The van der Waals surface area contributed by atoms with Crippen molar-refractivity contribution in [2.75, 3.05) is 19.2 Å². The SMILES string of the molecule is COc1cccc([C@@H]2CC(c3sc(-c4ccccc4)nc3C)=NN2c2ccc(S(N)(=O)=O)cc2)c1OC. The Balaban J connectivity index is 1.60. The van der Waals surface area contributed by atoms with Gasteiger partial charge in [-0.25, -0.2) is 18.5 Å². The number of para-hydroxylation sites is 1. The van der Waals surface area contributed by atoms with Crippen LogP contribution in [0.4, 0.5) is 5.69 Å². The number of nitrogens with two attached hydrogens (primary N) is 1. The van der Waals surface area contributed by atoms with Crippen LogP contribution in [0.15, 0.2) is 82.8 Å². The van der Waals surface area contributed by atoms with Gasteiger partial charge >= 0.3 is 0 Å². The Morgan fingerprint density at radius 1 is 0.973 bits per heavy atom. The third kappa shape index (κ3) is 4.83. The van der Waals surface area contributed by atoms with Crippen LogP contribution in [0.25, 0.3) is 10.6 Å². The molecule has 2 N–H and O–H groups in total. The van der Waals surface area contributed by atoms with Crippen molar-refractivity contribution in [3.05, 3.63) is 88.9 Å². The molecule has 0 unspecified atom stereocenters. The van der Waals surface area contributed by atoms with Gasteiger partial charge in [0.2, 0.25) is 10.0 Å². The molecule has 0 saturated carbocycles. The first-order valence-electron chi connectivity index (χ1n) is 11.5. The van der Waals surface area contributed by atoms with Crippen molar-refractivity contribution in [2.24, 2.45) is 10.2 Å². The Morgan fingerprint density at radius 3 is 2.35 bits per heavy atom. The van der Waals surface area contributed by atoms with E-state index in [9.17, 15) is 8.42 Å². The Bertz CT molecular complexity index is 1570. The van der Waals surface area contributed by atoms with Crippen molar-refractivity contribution >= 4 is 32.8 Å². The number of hydrogen-bond donors (Lipinski definition) is 1. The summed E-state index contributed by atoms with van der Waals surface area (Å²) >= 11 is 1.61. The van der Waals surface area contributed by atoms with Gasteiger partial charge in [-0.3, -0.25) is 5.01 Å². The molecule has 8 nitrogen and oxygen atoms in total. The molecule has 10 heteroatoms. The summed E-state index contributed by atoms with van der Waals surface area (Å²) in [5.41, 5.74) is 4.49. The number of ether oxygens (including phenoxy) is 2. The van der Waals surface area contributed by atoms with E-state index in [4.69, 9.17) is 24.7 Å². The first-order chi connectivity index (χ1) is 17.8. The maximum atomic E-state index is 11.8. The average Bonchev–Trinajstić information content (AvgIpc) is 3.52. The third-order valence-electron chi connectivity index (χ3n) is 6.21. The predicted molar refractivity (Wildman–Crippen MR) is 146 cm³/mol. The number of rotatable bonds is 7. The van der Waals surface area contributed by atoms with Gasteiger partial charge < -0.3 is 9.47 Å². The smallest absolute Gasteiger partial charge is 0.238 e. The lowest BCUT2D eigenvalue weighted by Crippen LogP contribution is -2.20. The number of aryl methyl sites for hydroxylation is 1. The number of hydrazone groups is 1. The van der Waals surface area contributed by atoms with Crippen LogP contribution in [0.3, 0.4) is 0 Å². The highest BCUT2D eigenvalue weighted by Gasteiger charge is 2.34. The lowest BCUT2D eigenvalue weighted by molar-refractivity contribution is 0.349. The van der Waals surface area contributed by atoms with Crippen LogP contribution in [0.2, 0.25) is 0 Å². The number of nitrogens with zero attached hydrogens (tertiary/aromatic N) is 3. The summed E-state index contributed by atoms with van der Waals surface area (Å²) < 4.78 is 34.9. The van der Waals surface area contributed by atoms with Crippen molar-refractivity contribution in [1.82, 2.24) is 4.98 Å². The minimum absolute atomic E-state index is 0.0426. The van der Waals surface area contributed by atoms with E-state index in [-0.39, 0.29) is 10.9 Å². The van der Waals surface area contributed by atoms with E-state index in [1.807, 2.05) is 60.5 Å². The second kappa shape index (κ2) is 9.97. The minimum atomic E-state index is -3.81. The largest absolute Gasteiger partial charge is 0.493 e. The molecular formula is C27H26N4O4S2. The van der Waals surface area contributed by atoms with Crippen LogP contribution < -0.4 is 19.6 Å². The molecule has 0 bridgehead atoms. The molecule has 0 aliphatic carbocycles. The molecule has 1 aliphatic rings. The van der Waals surface area contributed by atoms with E-state index in [1.54, 1.807) is 37.7 Å². The van der Waals surface area contributed by atoms with E-state index in [0.29, 0.717) is 17.9 Å². The summed E-state index contributed by atoms with van der Waals surface area (Å²) in [5.74, 6) is 1.25. The summed E-state index contributed by atoms with van der Waals surface area (Å²) in [6.07, 6.45) is 0.595. The van der Waals surface area contributed by atoms with Gasteiger partial charge in [-0.2, -0.15) is 5.10 Å². The van der Waals surface area contributed by atoms with Crippen LogP contribution in [0.5, 0.6) is 11.5 Å². The van der Waals surface area contributed by atoms with E-state index in [1.165, 1.54) is 12.1 Å². The fourth-order valence-corrected chi connectivity index (χ4v) is 6.04. The number of hydrogen-bond acceptors (Lipinski definition) is 8. The Labute approximate surface area is 220 Å². The van der Waals surface area contributed by atoms with Crippen molar-refractivity contribution in [3.63, 3.8) is 0 Å². The molecule has 1 aromatic heterocycles. The van der Waals surface area contributed by atoms with E-state index >= 15 is 0 Å². The average molecular weight is 535 g/mol. The zero-order valence-electron chi connectivity index (χ0n) is 20.6. The van der Waals surface area contributed by atoms with Crippen LogP contribution in [0.1, 0.15) is 28.6 Å². The third-order valence-corrected chi connectivity index (χ3v) is 8.40. The highest BCUT2D eigenvalue weighted by Crippen LogP contribution is 2.44. The zero-order valence-corrected chi connectivity index (χ0v) is 22.2. The monoisotopic (exact) mass is 534 g/mol. The quantitative estimate of drug-likeness (QED) is 0.352. The lowest BCUT2D eigenvalue weighted by atomic mass is 9.99. The molecule has 1 aliphatic heterocycles. The lowest BCUT2D eigenvalue weighted by Gasteiger charge is -2.26. The molecular weight excluding hydrogens is 508 g/mol. The number of thiazole rings is 1. The van der Waals surface area contributed by atoms with Gasteiger partial charge in [0.15, 0.2) is 11.5 Å². The molecule has 2 heterocycles. The van der Waals surface area contributed by atoms with Gasteiger partial charge in [-0.1, -0.05) is 42.5 Å². The number of primary sulfonamides is 1. The molecule has 0 fully saturated rings. The summed E-state index contributed by atoms with van der Waals surface area (Å²) in [5, 5.41) is 13.2. The summed E-state index contributed by atoms with van der Waals surface area (Å²) in [4.78, 5) is 5.87. The van der Waals surface area contributed by atoms with Gasteiger partial charge in [0.05, 0.1) is 47.1 Å². The zero-order chi connectivity index (χ0) is 26.2. The maximum absolute atomic E-state index is 11.8. The number of aromatic nitrogens is 1. The maximum Gasteiger partial charge on any atom is 0.238 e. The topological polar surface area (TPSA) is 107 Å². The molecule has 0 radical (unpaired) electrons. The summed E-state index contributed by atoms with van der Waals surface area (Å²) in [7, 11) is -0.590. The van der Waals surface area contributed by atoms with Crippen molar-refractivity contribution < 1.29 is 17.9 Å². The van der Waals surface area contributed by atoms with Gasteiger partial charge in [-0.05, 0) is 37.3 Å². The normalized spacial score (nSPS) is 15.5. The minimum Gasteiger partial charge on any atom is -0.493 e. The molecule has 1 atom stereocenters. The second-order valence-electron chi connectivity index (χ2n) is 8.53. The molecule has 0 amide bonds. The second-order valence-corrected chi connectivity index (χ2v) is 11.1. The number of methoxy groups -OCH3 is 2. The summed E-state index contributed by atoms with van der Waals surface area (Å²) in [6, 6.07) is 22.0. The fraction of sp³-hybridized carbons (Fsp3) is 0.185. The first kappa shape index (κ1) is 24.9. The highest BCUT2D eigenvalue weighted by atomic mass is 32.2. The van der Waals surface area contributed by atoms with Crippen LogP contribution in [-0.4, -0.2) is 33.3 Å². The Hall–Kier alpha value is -3.73. The molecule has 3 aromatic carbocycles. The molecule has 0 saturated heterocycles. The Kier molecular flexibility index (Phi) is 6.72. The van der Waals surface area contributed by atoms with Gasteiger partial charge in [-0.15, -0.1) is 11.3 Å².